The van der Waals surface area contributed by atoms with Gasteiger partial charge in [0.15, 0.2) is 0 Å². The molecule has 0 saturated carbocycles. The number of nitrogens with two attached hydrogens (primary N) is 2. The van der Waals surface area contributed by atoms with Gasteiger partial charge in [0.2, 0.25) is 41.4 Å². The summed E-state index contributed by atoms with van der Waals surface area (Å²) >= 11 is 0. The van der Waals surface area contributed by atoms with Gasteiger partial charge in [-0.2, -0.15) is 0 Å². The normalized spacial score (nSPS) is 20.4. The molecule has 0 unspecified atom stereocenters. The predicted octanol–water partition coefficient (Wildman–Crippen LogP) is -2.72. The van der Waals surface area contributed by atoms with Crippen LogP contribution >= 0.6 is 0 Å². The molecular weight excluding hydrogens is 706 g/mol. The van der Waals surface area contributed by atoms with Crippen LogP contribution in [0.15, 0.2) is 0 Å². The molecule has 19 nitrogen and oxygen atoms in total. The van der Waals surface area contributed by atoms with E-state index in [1.807, 2.05) is 0 Å². The molecule has 2 rings (SSSR count). The van der Waals surface area contributed by atoms with Gasteiger partial charge >= 0.3 is 5.97 Å². The molecule has 0 radical (unpaired) electrons. The quantitative estimate of drug-likeness (QED) is 0.0571. The molecule has 2 aliphatic heterocycles. The number of carbonyl (C=O) groups is 8. The third-order valence-electron chi connectivity index (χ3n) is 9.73. The van der Waals surface area contributed by atoms with E-state index in [1.165, 1.54) is 23.6 Å². The van der Waals surface area contributed by atoms with E-state index in [0.29, 0.717) is 45.1 Å². The highest BCUT2D eigenvalue weighted by Gasteiger charge is 2.41. The first-order valence-corrected chi connectivity index (χ1v) is 18.8. The highest BCUT2D eigenvalue weighted by molar-refractivity contribution is 5.97. The van der Waals surface area contributed by atoms with Crippen molar-refractivity contribution in [2.24, 2.45) is 23.3 Å². The molecule has 2 fully saturated rings. The fourth-order valence-corrected chi connectivity index (χ4v) is 6.48. The topological polar surface area (TPSA) is 296 Å². The molecule has 2 saturated heterocycles. The number of hydrogen-bond donors (Lipinski definition) is 9. The summed E-state index contributed by atoms with van der Waals surface area (Å²) in [6.07, 6.45) is 2.98. The molecule has 19 heteroatoms. The maximum atomic E-state index is 13.6. The average molecular weight is 768 g/mol. The Morgan fingerprint density at radius 1 is 0.667 bits per heavy atom. The lowest BCUT2D eigenvalue weighted by atomic mass is 9.99. The number of nitrogens with zero attached hydrogens (tertiary/aromatic N) is 2. The van der Waals surface area contributed by atoms with Gasteiger partial charge < -0.3 is 58.1 Å². The minimum absolute atomic E-state index is 0.224. The van der Waals surface area contributed by atoms with E-state index in [0.717, 1.165) is 0 Å². The molecule has 2 aliphatic rings. The Labute approximate surface area is 316 Å². The van der Waals surface area contributed by atoms with Crippen LogP contribution < -0.4 is 38.1 Å². The minimum Gasteiger partial charge on any atom is -0.480 e. The zero-order valence-electron chi connectivity index (χ0n) is 32.3. The average Bonchev–Trinajstić information content (AvgIpc) is 3.81. The zero-order valence-corrected chi connectivity index (χ0v) is 32.3. The van der Waals surface area contributed by atoms with E-state index in [9.17, 15) is 48.6 Å². The third-order valence-corrected chi connectivity index (χ3v) is 9.73. The lowest BCUT2D eigenvalue weighted by Gasteiger charge is -2.31. The van der Waals surface area contributed by atoms with E-state index in [2.05, 4.69) is 26.6 Å². The molecule has 0 spiro atoms. The van der Waals surface area contributed by atoms with Crippen LogP contribution in [0.3, 0.4) is 0 Å². The number of likely N-dealkylation sites (tertiary alicyclic amines) is 2. The van der Waals surface area contributed by atoms with Crippen molar-refractivity contribution in [1.82, 2.24) is 36.4 Å². The molecule has 0 aromatic heterocycles. The van der Waals surface area contributed by atoms with Crippen LogP contribution in [-0.2, 0) is 38.4 Å². The summed E-state index contributed by atoms with van der Waals surface area (Å²) in [7, 11) is 0. The van der Waals surface area contributed by atoms with Gasteiger partial charge in [0, 0.05) is 13.1 Å². The van der Waals surface area contributed by atoms with Gasteiger partial charge in [0.25, 0.3) is 0 Å². The van der Waals surface area contributed by atoms with Gasteiger partial charge in [-0.1, -0.05) is 27.7 Å². The Kier molecular flexibility index (Phi) is 18.2. The fraction of sp³-hybridized carbons (Fsp3) is 0.771. The Morgan fingerprint density at radius 2 is 1.20 bits per heavy atom. The molecule has 0 aromatic carbocycles. The van der Waals surface area contributed by atoms with Crippen LogP contribution in [0.4, 0.5) is 0 Å². The van der Waals surface area contributed by atoms with Gasteiger partial charge in [-0.3, -0.25) is 33.6 Å². The van der Waals surface area contributed by atoms with Crippen LogP contribution in [0, 0.1) is 11.8 Å². The van der Waals surface area contributed by atoms with E-state index < -0.39 is 114 Å². The Balaban J connectivity index is 2.04. The maximum Gasteiger partial charge on any atom is 0.326 e. The van der Waals surface area contributed by atoms with Crippen LogP contribution in [0.5, 0.6) is 0 Å². The van der Waals surface area contributed by atoms with Gasteiger partial charge in [-0.05, 0) is 77.2 Å². The van der Waals surface area contributed by atoms with Crippen LogP contribution in [0.2, 0.25) is 0 Å². The van der Waals surface area contributed by atoms with Crippen molar-refractivity contribution in [3.05, 3.63) is 0 Å². The van der Waals surface area contributed by atoms with E-state index >= 15 is 0 Å². The molecule has 0 bridgehead atoms. The number of aliphatic hydroxyl groups is 1. The second-order valence-electron chi connectivity index (χ2n) is 14.8. The molecule has 8 atom stereocenters. The number of aliphatic hydroxyl groups excluding tert-OH is 1. The van der Waals surface area contributed by atoms with Gasteiger partial charge in [0.1, 0.15) is 48.3 Å². The first-order valence-electron chi connectivity index (χ1n) is 18.8. The van der Waals surface area contributed by atoms with Crippen molar-refractivity contribution in [2.75, 3.05) is 26.2 Å². The smallest absolute Gasteiger partial charge is 0.326 e. The molecule has 11 N–H and O–H groups in total. The van der Waals surface area contributed by atoms with Crippen molar-refractivity contribution >= 4 is 47.3 Å². The highest BCUT2D eigenvalue weighted by atomic mass is 16.4. The molecular formula is C35H61N9O10. The second-order valence-corrected chi connectivity index (χ2v) is 14.8. The first kappa shape index (κ1) is 45.8. The second kappa shape index (κ2) is 21.5. The van der Waals surface area contributed by atoms with Gasteiger partial charge in [0.05, 0.1) is 6.61 Å². The summed E-state index contributed by atoms with van der Waals surface area (Å²) in [6.45, 7) is 9.81. The van der Waals surface area contributed by atoms with Crippen molar-refractivity contribution in [2.45, 2.75) is 135 Å². The van der Waals surface area contributed by atoms with Gasteiger partial charge in [-0.25, -0.2) is 4.79 Å². The Morgan fingerprint density at radius 3 is 1.70 bits per heavy atom. The fourth-order valence-electron chi connectivity index (χ4n) is 6.48. The van der Waals surface area contributed by atoms with Crippen LogP contribution in [0.25, 0.3) is 0 Å². The van der Waals surface area contributed by atoms with E-state index in [-0.39, 0.29) is 19.5 Å². The van der Waals surface area contributed by atoms with Crippen molar-refractivity contribution in [3.8, 4) is 0 Å². The number of aliphatic carboxylic acids is 1. The number of hydrogen-bond acceptors (Lipinski definition) is 11. The SMILES string of the molecule is CC(C)[C@H](NC(=O)[C@@H](NC(=O)[C@@H]1CCCN1C(=O)[C@H](C)NC(=O)[C@H](C)NC(=O)[C@@H]1CCCN1C(=O)[C@H](CCCCN)NC(=O)[C@@H](N)CO)C(C)C)C(=O)O. The van der Waals surface area contributed by atoms with E-state index in [1.54, 1.807) is 27.7 Å². The highest BCUT2D eigenvalue weighted by Crippen LogP contribution is 2.21. The van der Waals surface area contributed by atoms with Crippen molar-refractivity contribution < 1.29 is 48.6 Å². The molecule has 7 amide bonds. The number of unbranched alkanes of at least 4 members (excludes halogenated alkanes) is 1. The lowest BCUT2D eigenvalue weighted by Crippen LogP contribution is -2.59. The number of amides is 7. The number of nitrogens with one attached hydrogen (secondary N) is 5. The summed E-state index contributed by atoms with van der Waals surface area (Å²) in [4.78, 5) is 107. The van der Waals surface area contributed by atoms with E-state index in [4.69, 9.17) is 11.5 Å². The van der Waals surface area contributed by atoms with Crippen molar-refractivity contribution in [3.63, 3.8) is 0 Å². The molecule has 0 aliphatic carbocycles. The standard InChI is InChI=1S/C35H61N9O10/c1-18(2)26(32(50)42-27(19(3)4)35(53)54)41-31(49)25-13-9-15-43(25)33(51)21(6)39-28(46)20(5)38-30(48)24-12-10-16-44(24)34(52)23(11-7-8-14-36)40-29(47)22(37)17-45/h18-27,45H,7-17,36-37H2,1-6H3,(H,38,48)(H,39,46)(H,40,47)(H,41,49)(H,42,50)(H,53,54)/t20-,21-,22-,23-,24-,25-,26-,27-/m0/s1. The van der Waals surface area contributed by atoms with Crippen LogP contribution in [0.1, 0.15) is 86.5 Å². The Hall–Kier alpha value is -4.36. The maximum absolute atomic E-state index is 13.6. The number of rotatable bonds is 20. The molecule has 54 heavy (non-hydrogen) atoms. The van der Waals surface area contributed by atoms with Gasteiger partial charge in [-0.15, -0.1) is 0 Å². The number of carboxylic acids is 1. The summed E-state index contributed by atoms with van der Waals surface area (Å²) < 4.78 is 0. The molecule has 306 valence electrons. The monoisotopic (exact) mass is 767 g/mol. The summed E-state index contributed by atoms with van der Waals surface area (Å²) in [5.74, 6) is -6.27. The molecule has 0 aromatic rings. The molecule has 2 heterocycles. The number of carboxylic acid groups (broad SMARTS) is 1. The third kappa shape index (κ3) is 12.6. The summed E-state index contributed by atoms with van der Waals surface area (Å²) in [5, 5.41) is 31.7. The summed E-state index contributed by atoms with van der Waals surface area (Å²) in [5.41, 5.74) is 11.2. The first-order chi connectivity index (χ1) is 25.4. The van der Waals surface area contributed by atoms with Crippen molar-refractivity contribution in [1.29, 1.82) is 0 Å². The summed E-state index contributed by atoms with van der Waals surface area (Å²) in [6, 6.07) is -8.51. The van der Waals surface area contributed by atoms with Crippen LogP contribution in [-0.4, -0.2) is 142 Å². The zero-order chi connectivity index (χ0) is 40.9. The predicted molar refractivity (Wildman–Crippen MR) is 196 cm³/mol. The lowest BCUT2D eigenvalue weighted by molar-refractivity contribution is -0.144. The minimum atomic E-state index is -1.23. The number of carbonyl (C=O) groups excluding carboxylic acids is 7. The Bertz CT molecular complexity index is 1360. The largest absolute Gasteiger partial charge is 0.480 e.